The fourth-order valence-corrected chi connectivity index (χ4v) is 8.52. The zero-order valence-corrected chi connectivity index (χ0v) is 29.5. The molecule has 4 N–H and O–H groups in total. The summed E-state index contributed by atoms with van der Waals surface area (Å²) in [6, 6.07) is 20.2. The smallest absolute Gasteiger partial charge is 0.407 e. The van der Waals surface area contributed by atoms with Crippen LogP contribution in [0.25, 0.3) is 44.4 Å². The van der Waals surface area contributed by atoms with E-state index in [4.69, 9.17) is 9.72 Å². The number of aromatic nitrogens is 4. The van der Waals surface area contributed by atoms with E-state index in [1.165, 1.54) is 12.0 Å². The lowest BCUT2D eigenvalue weighted by Crippen LogP contribution is -2.54. The standard InChI is InChI=1S/C40H43N7O5/c1-22(2)34(45-39(49)52-3)38(48)47-30-15-14-29(19-30)35(47)37-42-20-31(44-37)24-8-6-23(7-9-24)25-10-11-27-18-28(13-12-26(27)17-25)32-21-41-36(43-32)33-5-4-16-46(33)40(50)51/h6-13,17-18,20-22,29-30,33-35H,4-5,14-16,19H2,1-3H3,(H,41,43)(H,42,44)(H,45,49)(H,50,51). The topological polar surface area (TPSA) is 157 Å². The molecule has 1 saturated carbocycles. The molecule has 12 nitrogen and oxygen atoms in total. The molecule has 268 valence electrons. The number of carbonyl (C=O) groups is 3. The maximum absolute atomic E-state index is 13.9. The number of methoxy groups -OCH3 is 1. The summed E-state index contributed by atoms with van der Waals surface area (Å²) in [6.45, 7) is 4.39. The van der Waals surface area contributed by atoms with Crippen molar-refractivity contribution in [1.82, 2.24) is 35.1 Å². The molecule has 3 amide bonds. The molecular formula is C40H43N7O5. The number of aromatic amines is 2. The Kier molecular flexibility index (Phi) is 8.68. The van der Waals surface area contributed by atoms with Crippen molar-refractivity contribution in [3.63, 3.8) is 0 Å². The number of benzene rings is 3. The summed E-state index contributed by atoms with van der Waals surface area (Å²) < 4.78 is 4.81. The molecule has 12 heteroatoms. The maximum atomic E-state index is 13.9. The number of nitrogens with zero attached hydrogens (tertiary/aromatic N) is 4. The van der Waals surface area contributed by atoms with Gasteiger partial charge in [-0.05, 0) is 83.5 Å². The Balaban J connectivity index is 0.981. The molecule has 2 aromatic heterocycles. The third-order valence-corrected chi connectivity index (χ3v) is 11.2. The number of amides is 3. The fourth-order valence-electron chi connectivity index (χ4n) is 8.52. The van der Waals surface area contributed by atoms with E-state index < -0.39 is 18.2 Å². The number of hydrogen-bond donors (Lipinski definition) is 4. The minimum atomic E-state index is -0.910. The van der Waals surface area contributed by atoms with Crippen molar-refractivity contribution in [1.29, 1.82) is 0 Å². The van der Waals surface area contributed by atoms with E-state index in [2.05, 4.69) is 80.9 Å². The van der Waals surface area contributed by atoms with Gasteiger partial charge in [-0.1, -0.05) is 62.4 Å². The highest BCUT2D eigenvalue weighted by atomic mass is 16.5. The van der Waals surface area contributed by atoms with Crippen molar-refractivity contribution in [2.45, 2.75) is 70.1 Å². The number of fused-ring (bicyclic) bond motifs is 3. The first-order valence-electron chi connectivity index (χ1n) is 18.1. The summed E-state index contributed by atoms with van der Waals surface area (Å²) in [7, 11) is 1.31. The second kappa shape index (κ2) is 13.5. The second-order valence-corrected chi connectivity index (χ2v) is 14.6. The monoisotopic (exact) mass is 701 g/mol. The van der Waals surface area contributed by atoms with Gasteiger partial charge in [0.1, 0.15) is 17.7 Å². The number of imidazole rings is 2. The number of rotatable bonds is 8. The summed E-state index contributed by atoms with van der Waals surface area (Å²) in [5.74, 6) is 1.61. The first kappa shape index (κ1) is 33.5. The first-order chi connectivity index (χ1) is 25.2. The summed E-state index contributed by atoms with van der Waals surface area (Å²) in [5.41, 5.74) is 5.96. The van der Waals surface area contributed by atoms with Crippen LogP contribution >= 0.6 is 0 Å². The minimum absolute atomic E-state index is 0.0877. The van der Waals surface area contributed by atoms with E-state index in [9.17, 15) is 19.5 Å². The summed E-state index contributed by atoms with van der Waals surface area (Å²) in [6.07, 6.45) is 6.66. The Labute approximate surface area is 301 Å². The van der Waals surface area contributed by atoms with E-state index in [1.807, 2.05) is 24.9 Å². The van der Waals surface area contributed by atoms with Crippen molar-refractivity contribution < 1.29 is 24.2 Å². The molecular weight excluding hydrogens is 658 g/mol. The predicted octanol–water partition coefficient (Wildman–Crippen LogP) is 7.53. The van der Waals surface area contributed by atoms with Gasteiger partial charge in [-0.25, -0.2) is 19.6 Å². The molecule has 2 saturated heterocycles. The molecule has 5 atom stereocenters. The predicted molar refractivity (Wildman–Crippen MR) is 196 cm³/mol. The third-order valence-electron chi connectivity index (χ3n) is 11.2. The van der Waals surface area contributed by atoms with Crippen LogP contribution in [0.1, 0.15) is 69.7 Å². The van der Waals surface area contributed by atoms with Gasteiger partial charge in [0.25, 0.3) is 0 Å². The van der Waals surface area contributed by atoms with Gasteiger partial charge in [-0.2, -0.15) is 0 Å². The summed E-state index contributed by atoms with van der Waals surface area (Å²) >= 11 is 0. The van der Waals surface area contributed by atoms with Crippen molar-refractivity contribution in [3.8, 4) is 33.6 Å². The SMILES string of the molecule is COC(=O)NC(C(=O)N1C2CCC(C2)C1c1ncc(-c2ccc(-c3ccc4cc(-c5cnc(C6CCCN6C(=O)O)[nH]5)ccc4c3)cc2)[nH]1)C(C)C. The molecule has 0 spiro atoms. The zero-order chi connectivity index (χ0) is 36.1. The molecule has 0 radical (unpaired) electrons. The first-order valence-corrected chi connectivity index (χ1v) is 18.1. The lowest BCUT2D eigenvalue weighted by atomic mass is 9.95. The number of ether oxygens (including phenoxy) is 1. The average molecular weight is 702 g/mol. The van der Waals surface area contributed by atoms with Crippen LogP contribution in [0.5, 0.6) is 0 Å². The highest BCUT2D eigenvalue weighted by Crippen LogP contribution is 2.50. The third kappa shape index (κ3) is 6.05. The molecule has 5 aromatic rings. The molecule has 2 aliphatic heterocycles. The van der Waals surface area contributed by atoms with Crippen LogP contribution in [0.3, 0.4) is 0 Å². The van der Waals surface area contributed by atoms with Crippen LogP contribution in [0.2, 0.25) is 0 Å². The van der Waals surface area contributed by atoms with Gasteiger partial charge in [0.2, 0.25) is 5.91 Å². The molecule has 5 unspecified atom stereocenters. The van der Waals surface area contributed by atoms with Crippen LogP contribution in [-0.4, -0.2) is 78.7 Å². The molecule has 4 heterocycles. The van der Waals surface area contributed by atoms with E-state index in [0.717, 1.165) is 82.3 Å². The van der Waals surface area contributed by atoms with Crippen LogP contribution in [0, 0.1) is 11.8 Å². The number of H-pyrrole nitrogens is 2. The van der Waals surface area contributed by atoms with Gasteiger partial charge in [0.15, 0.2) is 0 Å². The maximum Gasteiger partial charge on any atom is 0.407 e. The Morgan fingerprint density at radius 3 is 2.19 bits per heavy atom. The quantitative estimate of drug-likeness (QED) is 0.130. The normalized spacial score (nSPS) is 21.6. The fraction of sp³-hybridized carbons (Fsp3) is 0.375. The molecule has 3 aromatic carbocycles. The summed E-state index contributed by atoms with van der Waals surface area (Å²) in [4.78, 5) is 57.2. The van der Waals surface area contributed by atoms with Gasteiger partial charge in [-0.3, -0.25) is 9.69 Å². The average Bonchev–Trinajstić information content (AvgIpc) is 4.01. The number of carboxylic acid groups (broad SMARTS) is 1. The molecule has 2 bridgehead atoms. The highest BCUT2D eigenvalue weighted by Gasteiger charge is 2.51. The van der Waals surface area contributed by atoms with Gasteiger partial charge in [0, 0.05) is 18.2 Å². The van der Waals surface area contributed by atoms with Crippen molar-refractivity contribution >= 4 is 28.9 Å². The highest BCUT2D eigenvalue weighted by molar-refractivity contribution is 5.91. The minimum Gasteiger partial charge on any atom is -0.465 e. The molecule has 1 aliphatic carbocycles. The summed E-state index contributed by atoms with van der Waals surface area (Å²) in [5, 5.41) is 14.5. The lowest BCUT2D eigenvalue weighted by Gasteiger charge is -2.37. The number of carbonyl (C=O) groups excluding carboxylic acids is 2. The largest absolute Gasteiger partial charge is 0.465 e. The number of hydrogen-bond acceptors (Lipinski definition) is 6. The van der Waals surface area contributed by atoms with Crippen LogP contribution in [-0.2, 0) is 9.53 Å². The van der Waals surface area contributed by atoms with E-state index in [1.54, 1.807) is 6.20 Å². The van der Waals surface area contributed by atoms with Crippen LogP contribution < -0.4 is 5.32 Å². The number of likely N-dealkylation sites (tertiary alicyclic amines) is 2. The number of alkyl carbamates (subject to hydrolysis) is 1. The van der Waals surface area contributed by atoms with Crippen LogP contribution in [0.15, 0.2) is 73.1 Å². The van der Waals surface area contributed by atoms with Crippen molar-refractivity contribution in [2.24, 2.45) is 11.8 Å². The Morgan fingerprint density at radius 2 is 1.48 bits per heavy atom. The van der Waals surface area contributed by atoms with Crippen LogP contribution in [0.4, 0.5) is 9.59 Å². The number of nitrogens with one attached hydrogen (secondary N) is 3. The van der Waals surface area contributed by atoms with E-state index >= 15 is 0 Å². The molecule has 52 heavy (non-hydrogen) atoms. The van der Waals surface area contributed by atoms with E-state index in [-0.39, 0.29) is 30.0 Å². The van der Waals surface area contributed by atoms with Crippen molar-refractivity contribution in [3.05, 3.63) is 84.7 Å². The molecule has 3 fully saturated rings. The van der Waals surface area contributed by atoms with Gasteiger partial charge >= 0.3 is 12.2 Å². The van der Waals surface area contributed by atoms with Crippen molar-refractivity contribution in [2.75, 3.05) is 13.7 Å². The second-order valence-electron chi connectivity index (χ2n) is 14.6. The molecule has 8 rings (SSSR count). The molecule has 3 aliphatic rings. The Morgan fingerprint density at radius 1 is 0.846 bits per heavy atom. The van der Waals surface area contributed by atoms with Gasteiger partial charge < -0.3 is 30.0 Å². The van der Waals surface area contributed by atoms with Gasteiger partial charge in [0.05, 0.1) is 43.0 Å². The Bertz CT molecular complexity index is 2140. The lowest BCUT2D eigenvalue weighted by molar-refractivity contribution is -0.139. The van der Waals surface area contributed by atoms with Gasteiger partial charge in [-0.15, -0.1) is 0 Å². The van der Waals surface area contributed by atoms with E-state index in [0.29, 0.717) is 18.3 Å². The zero-order valence-electron chi connectivity index (χ0n) is 29.5. The Hall–Kier alpha value is -5.65. The number of piperidine rings is 1.